The molecule has 2 atom stereocenters. The molecule has 0 fully saturated rings. The molecule has 4 rings (SSSR count). The van der Waals surface area contributed by atoms with E-state index < -0.39 is 45.1 Å². The number of hydrogen-bond acceptors (Lipinski definition) is 8. The lowest BCUT2D eigenvalue weighted by Crippen LogP contribution is -2.26. The standard InChI is InChI=1S/C44H54O8S/c1-27-21-35(43(5,6)7)41(47)29(3)33(27)25-51-39(45)23-37(31-17-13-11-14-18-31)53(49,50)38(32-19-15-12-16-20-32)24-40(46)52-26-34-28(2)22-36(44(8,9)10)42(48)30(34)4/h11-22,37-38,47-48H,23-26H2,1-10H3. The van der Waals surface area contributed by atoms with Crippen molar-refractivity contribution in [2.24, 2.45) is 0 Å². The summed E-state index contributed by atoms with van der Waals surface area (Å²) in [5.41, 5.74) is 5.94. The van der Waals surface area contributed by atoms with Crippen LogP contribution in [0.25, 0.3) is 0 Å². The number of ether oxygens (including phenoxy) is 2. The maximum Gasteiger partial charge on any atom is 0.307 e. The van der Waals surface area contributed by atoms with Crippen molar-refractivity contribution in [3.63, 3.8) is 0 Å². The fourth-order valence-electron chi connectivity index (χ4n) is 6.72. The van der Waals surface area contributed by atoms with Crippen LogP contribution in [-0.4, -0.2) is 30.6 Å². The summed E-state index contributed by atoms with van der Waals surface area (Å²) in [6.07, 6.45) is -0.987. The third kappa shape index (κ3) is 9.49. The largest absolute Gasteiger partial charge is 0.507 e. The molecule has 0 aliphatic rings. The summed E-state index contributed by atoms with van der Waals surface area (Å²) < 4.78 is 40.9. The number of phenolic OH excluding ortho intramolecular Hbond substituents is 2. The van der Waals surface area contributed by atoms with Gasteiger partial charge in [0, 0.05) is 0 Å². The van der Waals surface area contributed by atoms with Gasteiger partial charge in [-0.1, -0.05) is 114 Å². The molecule has 0 aromatic heterocycles. The number of carbonyl (C=O) groups excluding carboxylic acids is 2. The molecule has 0 spiro atoms. The maximum absolute atomic E-state index is 14.7. The lowest BCUT2D eigenvalue weighted by molar-refractivity contribution is -0.145. The number of benzene rings is 4. The van der Waals surface area contributed by atoms with Gasteiger partial charge in [-0.05, 0) is 94.2 Å². The minimum Gasteiger partial charge on any atom is -0.507 e. The fourth-order valence-corrected chi connectivity index (χ4v) is 8.93. The van der Waals surface area contributed by atoms with Crippen LogP contribution in [0.4, 0.5) is 0 Å². The highest BCUT2D eigenvalue weighted by Gasteiger charge is 2.39. The molecule has 2 unspecified atom stereocenters. The van der Waals surface area contributed by atoms with E-state index >= 15 is 0 Å². The van der Waals surface area contributed by atoms with Crippen LogP contribution in [0, 0.1) is 27.7 Å². The summed E-state index contributed by atoms with van der Waals surface area (Å²) >= 11 is 0. The first-order chi connectivity index (χ1) is 24.6. The van der Waals surface area contributed by atoms with Gasteiger partial charge in [-0.15, -0.1) is 0 Å². The zero-order chi connectivity index (χ0) is 39.5. The van der Waals surface area contributed by atoms with Crippen LogP contribution in [-0.2, 0) is 52.9 Å². The summed E-state index contributed by atoms with van der Waals surface area (Å²) in [5.74, 6) is -1.19. The van der Waals surface area contributed by atoms with E-state index in [1.54, 1.807) is 74.5 Å². The number of hydrogen-bond donors (Lipinski definition) is 2. The van der Waals surface area contributed by atoms with E-state index in [1.165, 1.54) is 0 Å². The zero-order valence-electron chi connectivity index (χ0n) is 32.7. The predicted octanol–water partition coefficient (Wildman–Crippen LogP) is 9.39. The van der Waals surface area contributed by atoms with Gasteiger partial charge in [-0.2, -0.15) is 0 Å². The van der Waals surface area contributed by atoms with Gasteiger partial charge in [0.2, 0.25) is 0 Å². The number of sulfone groups is 1. The van der Waals surface area contributed by atoms with E-state index in [1.807, 2.05) is 67.5 Å². The Bertz CT molecular complexity index is 1910. The monoisotopic (exact) mass is 742 g/mol. The quantitative estimate of drug-likeness (QED) is 0.138. The average Bonchev–Trinajstić information content (AvgIpc) is 3.08. The molecular formula is C44H54O8S. The van der Waals surface area contributed by atoms with Crippen molar-refractivity contribution >= 4 is 21.8 Å². The van der Waals surface area contributed by atoms with Crippen LogP contribution in [0.5, 0.6) is 11.5 Å². The second-order valence-corrected chi connectivity index (χ2v) is 18.3. The first-order valence-electron chi connectivity index (χ1n) is 17.9. The Balaban J connectivity index is 1.62. The van der Waals surface area contributed by atoms with Gasteiger partial charge in [0.1, 0.15) is 24.7 Å². The topological polar surface area (TPSA) is 127 Å². The Kier molecular flexibility index (Phi) is 12.5. The molecule has 8 nitrogen and oxygen atoms in total. The van der Waals surface area contributed by atoms with Gasteiger partial charge in [-0.3, -0.25) is 9.59 Å². The van der Waals surface area contributed by atoms with Gasteiger partial charge in [0.05, 0.1) is 23.3 Å². The van der Waals surface area contributed by atoms with Crippen molar-refractivity contribution in [1.82, 2.24) is 0 Å². The summed E-state index contributed by atoms with van der Waals surface area (Å²) in [6, 6.07) is 20.7. The third-order valence-corrected chi connectivity index (χ3v) is 12.5. The van der Waals surface area contributed by atoms with Crippen LogP contribution in [0.2, 0.25) is 0 Å². The summed E-state index contributed by atoms with van der Waals surface area (Å²) in [7, 11) is -4.30. The molecule has 4 aromatic rings. The van der Waals surface area contributed by atoms with Crippen LogP contribution < -0.4 is 0 Å². The maximum atomic E-state index is 14.7. The lowest BCUT2D eigenvalue weighted by Gasteiger charge is -2.26. The smallest absolute Gasteiger partial charge is 0.307 e. The second kappa shape index (κ2) is 16.2. The molecular weight excluding hydrogens is 689 g/mol. The second-order valence-electron chi connectivity index (χ2n) is 16.0. The molecule has 0 aliphatic heterocycles. The van der Waals surface area contributed by atoms with Gasteiger partial charge in [-0.25, -0.2) is 8.42 Å². The van der Waals surface area contributed by atoms with Crippen molar-refractivity contribution in [2.75, 3.05) is 0 Å². The summed E-state index contributed by atoms with van der Waals surface area (Å²) in [6.45, 7) is 19.1. The highest BCUT2D eigenvalue weighted by Crippen LogP contribution is 2.41. The van der Waals surface area contributed by atoms with E-state index in [2.05, 4.69) is 0 Å². The molecule has 0 saturated heterocycles. The molecule has 4 aromatic carbocycles. The molecule has 0 amide bonds. The number of phenols is 2. The van der Waals surface area contributed by atoms with E-state index in [0.717, 1.165) is 22.3 Å². The first-order valence-corrected chi connectivity index (χ1v) is 19.5. The highest BCUT2D eigenvalue weighted by atomic mass is 32.2. The Morgan fingerprint density at radius 2 is 0.925 bits per heavy atom. The van der Waals surface area contributed by atoms with E-state index in [-0.39, 0.29) is 35.5 Å². The molecule has 9 heteroatoms. The van der Waals surface area contributed by atoms with Crippen molar-refractivity contribution in [3.05, 3.63) is 128 Å². The number of aromatic hydroxyl groups is 2. The van der Waals surface area contributed by atoms with Crippen LogP contribution in [0.1, 0.15) is 121 Å². The highest BCUT2D eigenvalue weighted by molar-refractivity contribution is 7.92. The van der Waals surface area contributed by atoms with Crippen LogP contribution in [0.3, 0.4) is 0 Å². The molecule has 0 aliphatic carbocycles. The predicted molar refractivity (Wildman–Crippen MR) is 209 cm³/mol. The number of rotatable bonds is 12. The number of esters is 2. The van der Waals surface area contributed by atoms with E-state index in [0.29, 0.717) is 33.4 Å². The average molecular weight is 743 g/mol. The number of carbonyl (C=O) groups is 2. The molecule has 0 bridgehead atoms. The fraction of sp³-hybridized carbons (Fsp3) is 0.409. The molecule has 0 saturated carbocycles. The third-order valence-electron chi connectivity index (χ3n) is 10.0. The Labute approximate surface area is 315 Å². The number of aryl methyl sites for hydroxylation is 2. The van der Waals surface area contributed by atoms with Gasteiger partial charge < -0.3 is 19.7 Å². The first kappa shape index (κ1) is 41.1. The van der Waals surface area contributed by atoms with Crippen molar-refractivity contribution < 1.29 is 37.7 Å². The molecule has 2 N–H and O–H groups in total. The van der Waals surface area contributed by atoms with Gasteiger partial charge in [0.15, 0.2) is 9.84 Å². The van der Waals surface area contributed by atoms with Gasteiger partial charge >= 0.3 is 11.9 Å². The Morgan fingerprint density at radius 3 is 1.23 bits per heavy atom. The minimum absolute atomic E-state index is 0.139. The molecule has 0 heterocycles. The SMILES string of the molecule is Cc1cc(C(C)(C)C)c(O)c(C)c1COC(=O)CC(c1ccccc1)S(=O)(=O)C(CC(=O)OCc1c(C)cc(C(C)(C)C)c(O)c1C)c1ccccc1. The molecule has 0 radical (unpaired) electrons. The van der Waals surface area contributed by atoms with Crippen LogP contribution in [0.15, 0.2) is 72.8 Å². The van der Waals surface area contributed by atoms with Crippen molar-refractivity contribution in [3.8, 4) is 11.5 Å². The van der Waals surface area contributed by atoms with Gasteiger partial charge in [0.25, 0.3) is 0 Å². The Hall–Kier alpha value is -4.63. The van der Waals surface area contributed by atoms with Crippen molar-refractivity contribution in [1.29, 1.82) is 0 Å². The summed E-state index contributed by atoms with van der Waals surface area (Å²) in [4.78, 5) is 27.1. The zero-order valence-corrected chi connectivity index (χ0v) is 33.5. The van der Waals surface area contributed by atoms with E-state index in [9.17, 15) is 28.2 Å². The van der Waals surface area contributed by atoms with Crippen molar-refractivity contribution in [2.45, 2.75) is 117 Å². The van der Waals surface area contributed by atoms with E-state index in [4.69, 9.17) is 9.47 Å². The minimum atomic E-state index is -4.30. The normalized spacial score (nSPS) is 13.3. The summed E-state index contributed by atoms with van der Waals surface area (Å²) in [5, 5.41) is 19.3. The lowest BCUT2D eigenvalue weighted by atomic mass is 9.83. The Morgan fingerprint density at radius 1 is 0.604 bits per heavy atom. The molecule has 53 heavy (non-hydrogen) atoms. The van der Waals surface area contributed by atoms with Crippen LogP contribution >= 0.6 is 0 Å². The molecule has 284 valence electrons.